The number of methoxy groups -OCH3 is 1. The predicted molar refractivity (Wildman–Crippen MR) is 163 cm³/mol. The van der Waals surface area contributed by atoms with Gasteiger partial charge in [0.15, 0.2) is 11.9 Å². The highest BCUT2D eigenvalue weighted by Gasteiger charge is 2.37. The van der Waals surface area contributed by atoms with Crippen molar-refractivity contribution < 1.29 is 23.9 Å². The Hall–Kier alpha value is -4.22. The Bertz CT molecular complexity index is 1460. The third-order valence-electron chi connectivity index (χ3n) is 7.68. The third-order valence-corrected chi connectivity index (χ3v) is 7.68. The van der Waals surface area contributed by atoms with Gasteiger partial charge in [0.25, 0.3) is 11.8 Å². The zero-order valence-corrected chi connectivity index (χ0v) is 25.5. The van der Waals surface area contributed by atoms with E-state index in [1.165, 1.54) is 7.11 Å². The Morgan fingerprint density at radius 3 is 2.26 bits per heavy atom. The summed E-state index contributed by atoms with van der Waals surface area (Å²) in [5.41, 5.74) is 3.10. The molecule has 1 fully saturated rings. The molecule has 1 saturated heterocycles. The number of fused-ring (bicyclic) bond motifs is 1. The molecule has 43 heavy (non-hydrogen) atoms. The first-order chi connectivity index (χ1) is 20.5. The van der Waals surface area contributed by atoms with E-state index in [2.05, 4.69) is 27.3 Å². The number of ether oxygens (including phenoxy) is 2. The number of anilines is 2. The Labute approximate surface area is 252 Å². The lowest BCUT2D eigenvalue weighted by Crippen LogP contribution is -2.44. The van der Waals surface area contributed by atoms with Crippen molar-refractivity contribution in [1.82, 2.24) is 19.6 Å². The van der Waals surface area contributed by atoms with Gasteiger partial charge in [-0.25, -0.2) is 4.79 Å². The molecule has 3 aromatic rings. The van der Waals surface area contributed by atoms with Crippen LogP contribution in [0.25, 0.3) is 0 Å². The highest BCUT2D eigenvalue weighted by molar-refractivity contribution is 6.04. The lowest BCUT2D eigenvalue weighted by molar-refractivity contribution is -0.143. The SMILES string of the molecule is COC(C(=O)N1Cc2c(NC(=O)c3ccc(N4CCN(C)CC4)cc3)nn(C(=O)OCC(C)(C)C)c2C1)c1ccccc1. The van der Waals surface area contributed by atoms with Crippen molar-refractivity contribution in [3.63, 3.8) is 0 Å². The molecule has 3 heterocycles. The third kappa shape index (κ3) is 6.89. The van der Waals surface area contributed by atoms with Gasteiger partial charge in [-0.15, -0.1) is 5.10 Å². The van der Waals surface area contributed by atoms with Crippen LogP contribution < -0.4 is 10.2 Å². The summed E-state index contributed by atoms with van der Waals surface area (Å²) in [5.74, 6) is -0.389. The van der Waals surface area contributed by atoms with Crippen LogP contribution in [0.4, 0.5) is 16.3 Å². The second kappa shape index (κ2) is 12.6. The maximum atomic E-state index is 13.6. The van der Waals surface area contributed by atoms with E-state index in [1.807, 2.05) is 63.2 Å². The van der Waals surface area contributed by atoms with Crippen LogP contribution in [0.2, 0.25) is 0 Å². The van der Waals surface area contributed by atoms with Crippen molar-refractivity contribution in [2.24, 2.45) is 5.41 Å². The summed E-state index contributed by atoms with van der Waals surface area (Å²) in [6, 6.07) is 16.7. The number of nitrogens with one attached hydrogen (secondary N) is 1. The molecule has 1 aromatic heterocycles. The molecule has 2 aliphatic heterocycles. The highest BCUT2D eigenvalue weighted by atomic mass is 16.6. The summed E-state index contributed by atoms with van der Waals surface area (Å²) >= 11 is 0. The van der Waals surface area contributed by atoms with Crippen molar-refractivity contribution >= 4 is 29.4 Å². The van der Waals surface area contributed by atoms with E-state index in [1.54, 1.807) is 17.0 Å². The van der Waals surface area contributed by atoms with Gasteiger partial charge < -0.3 is 29.5 Å². The fourth-order valence-electron chi connectivity index (χ4n) is 5.23. The minimum absolute atomic E-state index is 0.119. The zero-order valence-electron chi connectivity index (χ0n) is 25.5. The Morgan fingerprint density at radius 1 is 0.953 bits per heavy atom. The normalized spacial score (nSPS) is 16.1. The van der Waals surface area contributed by atoms with Gasteiger partial charge in [-0.05, 0) is 42.3 Å². The summed E-state index contributed by atoms with van der Waals surface area (Å²) in [6.45, 7) is 10.2. The molecule has 228 valence electrons. The van der Waals surface area contributed by atoms with Gasteiger partial charge in [0, 0.05) is 50.1 Å². The largest absolute Gasteiger partial charge is 0.447 e. The first-order valence-electron chi connectivity index (χ1n) is 14.5. The van der Waals surface area contributed by atoms with E-state index in [-0.39, 0.29) is 42.7 Å². The molecule has 0 radical (unpaired) electrons. The Morgan fingerprint density at radius 2 is 1.63 bits per heavy atom. The van der Waals surface area contributed by atoms with Crippen LogP contribution in [0.15, 0.2) is 54.6 Å². The zero-order chi connectivity index (χ0) is 30.7. The molecule has 2 aromatic carbocycles. The molecular formula is C32H40N6O5. The number of rotatable bonds is 7. The fraction of sp³-hybridized carbons (Fsp3) is 0.438. The Balaban J connectivity index is 1.36. The van der Waals surface area contributed by atoms with Crippen LogP contribution in [0, 0.1) is 5.41 Å². The van der Waals surface area contributed by atoms with Crippen LogP contribution in [-0.4, -0.2) is 84.4 Å². The molecular weight excluding hydrogens is 548 g/mol. The molecule has 0 saturated carbocycles. The topological polar surface area (TPSA) is 109 Å². The van der Waals surface area contributed by atoms with Crippen LogP contribution in [0.3, 0.4) is 0 Å². The molecule has 2 amide bonds. The molecule has 11 nitrogen and oxygen atoms in total. The summed E-state index contributed by atoms with van der Waals surface area (Å²) in [6.07, 6.45) is -1.47. The fourth-order valence-corrected chi connectivity index (χ4v) is 5.23. The second-order valence-electron chi connectivity index (χ2n) is 12.3. The van der Waals surface area contributed by atoms with E-state index in [9.17, 15) is 14.4 Å². The number of likely N-dealkylation sites (N-methyl/N-ethyl adjacent to an activating group) is 1. The van der Waals surface area contributed by atoms with Crippen molar-refractivity contribution in [2.45, 2.75) is 40.0 Å². The highest BCUT2D eigenvalue weighted by Crippen LogP contribution is 2.33. The van der Waals surface area contributed by atoms with E-state index in [0.717, 1.165) is 42.1 Å². The maximum absolute atomic E-state index is 13.6. The van der Waals surface area contributed by atoms with Crippen LogP contribution >= 0.6 is 0 Å². The number of amides is 2. The summed E-state index contributed by atoms with van der Waals surface area (Å²) in [5, 5.41) is 7.32. The molecule has 0 spiro atoms. The van der Waals surface area contributed by atoms with Crippen molar-refractivity contribution in [3.05, 3.63) is 77.0 Å². The van der Waals surface area contributed by atoms with E-state index >= 15 is 0 Å². The predicted octanol–water partition coefficient (Wildman–Crippen LogP) is 4.15. The average molecular weight is 589 g/mol. The maximum Gasteiger partial charge on any atom is 0.435 e. The number of benzene rings is 2. The van der Waals surface area contributed by atoms with E-state index in [4.69, 9.17) is 9.47 Å². The number of hydrogen-bond donors (Lipinski definition) is 1. The molecule has 0 aliphatic carbocycles. The van der Waals surface area contributed by atoms with Crippen LogP contribution in [0.5, 0.6) is 0 Å². The van der Waals surface area contributed by atoms with Crippen LogP contribution in [-0.2, 0) is 27.4 Å². The van der Waals surface area contributed by atoms with Gasteiger partial charge in [0.1, 0.15) is 0 Å². The monoisotopic (exact) mass is 588 g/mol. The second-order valence-corrected chi connectivity index (χ2v) is 12.3. The number of piperazine rings is 1. The lowest BCUT2D eigenvalue weighted by Gasteiger charge is -2.34. The van der Waals surface area contributed by atoms with Gasteiger partial charge in [-0.3, -0.25) is 9.59 Å². The smallest absolute Gasteiger partial charge is 0.435 e. The molecule has 11 heteroatoms. The number of carbonyl (C=O) groups is 3. The molecule has 1 unspecified atom stereocenters. The number of aromatic nitrogens is 2. The number of carbonyl (C=O) groups excluding carboxylic acids is 3. The molecule has 5 rings (SSSR count). The average Bonchev–Trinajstić information content (AvgIpc) is 3.57. The number of nitrogens with zero attached hydrogens (tertiary/aromatic N) is 5. The Kier molecular flexibility index (Phi) is 8.84. The van der Waals surface area contributed by atoms with Gasteiger partial charge >= 0.3 is 6.09 Å². The van der Waals surface area contributed by atoms with E-state index < -0.39 is 12.2 Å². The summed E-state index contributed by atoms with van der Waals surface area (Å²) < 4.78 is 12.3. The standard InChI is InChI=1S/C32H40N6O5/c1-32(2,3)21-43-31(41)38-26-20-37(30(40)27(42-5)22-9-7-6-8-10-22)19-25(26)28(34-38)33-29(39)23-11-13-24(14-12-23)36-17-15-35(4)16-18-36/h6-14,27H,15-21H2,1-5H3,(H,33,34,39). The summed E-state index contributed by atoms with van der Waals surface area (Å²) in [7, 11) is 3.60. The molecule has 2 aliphatic rings. The molecule has 0 bridgehead atoms. The molecule has 1 N–H and O–H groups in total. The summed E-state index contributed by atoms with van der Waals surface area (Å²) in [4.78, 5) is 46.3. The van der Waals surface area contributed by atoms with Gasteiger partial charge in [-0.2, -0.15) is 4.68 Å². The van der Waals surface area contributed by atoms with E-state index in [0.29, 0.717) is 16.8 Å². The first-order valence-corrected chi connectivity index (χ1v) is 14.5. The minimum atomic E-state index is -0.809. The lowest BCUT2D eigenvalue weighted by atomic mass is 9.99. The van der Waals surface area contributed by atoms with Crippen molar-refractivity contribution in [3.8, 4) is 0 Å². The van der Waals surface area contributed by atoms with Gasteiger partial charge in [0.2, 0.25) is 0 Å². The first kappa shape index (κ1) is 30.2. The minimum Gasteiger partial charge on any atom is -0.447 e. The van der Waals surface area contributed by atoms with Crippen molar-refractivity contribution in [2.75, 3.05) is 57.2 Å². The quantitative estimate of drug-likeness (QED) is 0.439. The van der Waals surface area contributed by atoms with Crippen LogP contribution in [0.1, 0.15) is 54.1 Å². The van der Waals surface area contributed by atoms with Crippen molar-refractivity contribution in [1.29, 1.82) is 0 Å². The van der Waals surface area contributed by atoms with Gasteiger partial charge in [0.05, 0.1) is 25.4 Å². The number of hydrogen-bond acceptors (Lipinski definition) is 8. The van der Waals surface area contributed by atoms with Gasteiger partial charge in [-0.1, -0.05) is 51.1 Å². The molecule has 1 atom stereocenters.